The van der Waals surface area contributed by atoms with E-state index in [0.29, 0.717) is 5.69 Å². The van der Waals surface area contributed by atoms with Crippen LogP contribution >= 0.6 is 0 Å². The highest BCUT2D eigenvalue weighted by Gasteiger charge is 2.23. The van der Waals surface area contributed by atoms with Crippen LogP contribution in [0.4, 0.5) is 11.4 Å². The van der Waals surface area contributed by atoms with Crippen molar-refractivity contribution in [2.75, 3.05) is 23.4 Å². The van der Waals surface area contributed by atoms with Gasteiger partial charge in [0.25, 0.3) is 5.91 Å². The van der Waals surface area contributed by atoms with Gasteiger partial charge in [0.2, 0.25) is 15.8 Å². The number of methoxy groups -OCH3 is 1. The van der Waals surface area contributed by atoms with Crippen molar-refractivity contribution >= 4 is 39.1 Å². The number of benzene rings is 3. The first-order valence-electron chi connectivity index (χ1n) is 13.0. The number of hydrogen-bond donors (Lipinski definition) is 3. The summed E-state index contributed by atoms with van der Waals surface area (Å²) in [6.07, 6.45) is 2.43. The number of hydrogen-bond acceptors (Lipinski definition) is 8. The molecule has 0 fully saturated rings. The Hall–Kier alpha value is -5.04. The molecule has 0 spiro atoms. The molecule has 0 aliphatic heterocycles. The molecule has 43 heavy (non-hydrogen) atoms. The average molecular weight is 606 g/mol. The SMILES string of the molecule is COc1c(NC(=O)c2ccc(C)c(-n3cc(C(=O)c4cccc(C(=O)O)c4)nn3)c2)cc(C(C)(C)C)cc1NS(C)(=O)=O. The molecular weight excluding hydrogens is 574 g/mol. The number of aryl methyl sites for hydroxylation is 1. The van der Waals surface area contributed by atoms with E-state index in [1.165, 1.54) is 42.3 Å². The predicted molar refractivity (Wildman–Crippen MR) is 161 cm³/mol. The highest BCUT2D eigenvalue weighted by atomic mass is 32.2. The number of anilines is 2. The second-order valence-electron chi connectivity index (χ2n) is 10.9. The number of carbonyl (C=O) groups excluding carboxylic acids is 2. The van der Waals surface area contributed by atoms with E-state index < -0.39 is 27.7 Å². The largest absolute Gasteiger partial charge is 0.492 e. The summed E-state index contributed by atoms with van der Waals surface area (Å²) in [5.41, 5.74) is 2.40. The van der Waals surface area contributed by atoms with Gasteiger partial charge in [-0.1, -0.05) is 44.2 Å². The number of sulfonamides is 1. The van der Waals surface area contributed by atoms with Crippen LogP contribution in [0.2, 0.25) is 0 Å². The van der Waals surface area contributed by atoms with Crippen LogP contribution in [0.1, 0.15) is 68.7 Å². The number of nitrogens with zero attached hydrogens (tertiary/aromatic N) is 3. The fraction of sp³-hybridized carbons (Fsp3) is 0.233. The third-order valence-corrected chi connectivity index (χ3v) is 7.11. The van der Waals surface area contributed by atoms with Gasteiger partial charge in [0.1, 0.15) is 0 Å². The quantitative estimate of drug-likeness (QED) is 0.234. The molecule has 0 aliphatic rings. The van der Waals surface area contributed by atoms with Gasteiger partial charge in [0.15, 0.2) is 11.4 Å². The summed E-state index contributed by atoms with van der Waals surface area (Å²) < 4.78 is 33.4. The molecular formula is C30H31N5O7S. The lowest BCUT2D eigenvalue weighted by molar-refractivity contribution is 0.0696. The number of aromatic carboxylic acids is 1. The van der Waals surface area contributed by atoms with Gasteiger partial charge in [-0.2, -0.15) is 0 Å². The Kier molecular flexibility index (Phi) is 8.40. The lowest BCUT2D eigenvalue weighted by Gasteiger charge is -2.24. The van der Waals surface area contributed by atoms with Crippen molar-refractivity contribution in [1.29, 1.82) is 0 Å². The van der Waals surface area contributed by atoms with Gasteiger partial charge in [-0.15, -0.1) is 5.10 Å². The van der Waals surface area contributed by atoms with Crippen LogP contribution in [0.3, 0.4) is 0 Å². The number of carboxylic acids is 1. The molecule has 0 radical (unpaired) electrons. The number of rotatable bonds is 9. The number of aromatic nitrogens is 3. The number of ketones is 1. The van der Waals surface area contributed by atoms with E-state index in [0.717, 1.165) is 17.4 Å². The molecule has 1 amide bonds. The van der Waals surface area contributed by atoms with Crippen LogP contribution in [0.25, 0.3) is 5.69 Å². The monoisotopic (exact) mass is 605 g/mol. The molecule has 0 aliphatic carbocycles. The van der Waals surface area contributed by atoms with Crippen LogP contribution in [-0.2, 0) is 15.4 Å². The summed E-state index contributed by atoms with van der Waals surface area (Å²) in [5.74, 6) is -2.02. The molecule has 0 unspecified atom stereocenters. The predicted octanol–water partition coefficient (Wildman–Crippen LogP) is 4.43. The Morgan fingerprint density at radius 1 is 0.953 bits per heavy atom. The molecule has 1 aromatic heterocycles. The van der Waals surface area contributed by atoms with E-state index in [2.05, 4.69) is 20.4 Å². The number of carbonyl (C=O) groups is 3. The summed E-state index contributed by atoms with van der Waals surface area (Å²) in [6.45, 7) is 7.67. The number of carboxylic acid groups (broad SMARTS) is 1. The van der Waals surface area contributed by atoms with Crippen molar-refractivity contribution in [3.63, 3.8) is 0 Å². The van der Waals surface area contributed by atoms with Crippen LogP contribution in [-0.4, -0.2) is 59.5 Å². The zero-order valence-corrected chi connectivity index (χ0v) is 25.2. The van der Waals surface area contributed by atoms with Crippen molar-refractivity contribution in [2.45, 2.75) is 33.1 Å². The summed E-state index contributed by atoms with van der Waals surface area (Å²) in [7, 11) is -2.27. The van der Waals surface area contributed by atoms with E-state index in [-0.39, 0.29) is 44.9 Å². The van der Waals surface area contributed by atoms with Crippen LogP contribution in [0.15, 0.2) is 60.8 Å². The van der Waals surface area contributed by atoms with E-state index in [4.69, 9.17) is 4.74 Å². The maximum atomic E-state index is 13.5. The maximum absolute atomic E-state index is 13.5. The van der Waals surface area contributed by atoms with Crippen LogP contribution < -0.4 is 14.8 Å². The van der Waals surface area contributed by atoms with Crippen molar-refractivity contribution < 1.29 is 32.6 Å². The molecule has 3 N–H and O–H groups in total. The minimum absolute atomic E-state index is 0.00793. The summed E-state index contributed by atoms with van der Waals surface area (Å²) >= 11 is 0. The number of amides is 1. The third-order valence-electron chi connectivity index (χ3n) is 6.52. The molecule has 0 saturated heterocycles. The summed E-state index contributed by atoms with van der Waals surface area (Å²) in [5, 5.41) is 20.1. The first-order chi connectivity index (χ1) is 20.1. The zero-order chi connectivity index (χ0) is 31.7. The zero-order valence-electron chi connectivity index (χ0n) is 24.4. The molecule has 224 valence electrons. The Morgan fingerprint density at radius 2 is 1.63 bits per heavy atom. The van der Waals surface area contributed by atoms with Gasteiger partial charge in [-0.25, -0.2) is 17.9 Å². The normalized spacial score (nSPS) is 11.6. The second-order valence-corrected chi connectivity index (χ2v) is 12.7. The summed E-state index contributed by atoms with van der Waals surface area (Å²) in [6, 6.07) is 13.9. The number of nitrogens with one attached hydrogen (secondary N) is 2. The molecule has 0 atom stereocenters. The highest BCUT2D eigenvalue weighted by molar-refractivity contribution is 7.92. The molecule has 13 heteroatoms. The van der Waals surface area contributed by atoms with E-state index in [1.54, 1.807) is 37.3 Å². The number of ether oxygens (including phenoxy) is 1. The standard InChI is InChI=1S/C30H31N5O7S/c1-17-10-11-19(13-25(17)35-16-24(32-34-35)26(36)18-8-7-9-20(12-18)29(38)39)28(37)31-22-14-21(30(2,3)4)15-23(27(22)42-5)33-43(6,40)41/h7-16,33H,1-6H3,(H,31,37)(H,38,39). The minimum atomic E-state index is -3.65. The fourth-order valence-corrected chi connectivity index (χ4v) is 4.82. The third kappa shape index (κ3) is 7.07. The van der Waals surface area contributed by atoms with Crippen LogP contribution in [0.5, 0.6) is 5.75 Å². The minimum Gasteiger partial charge on any atom is -0.492 e. The molecule has 4 rings (SSSR count). The van der Waals surface area contributed by atoms with Gasteiger partial charge in [-0.3, -0.25) is 14.3 Å². The molecule has 3 aromatic carbocycles. The second kappa shape index (κ2) is 11.7. The van der Waals surface area contributed by atoms with Crippen LogP contribution in [0, 0.1) is 6.92 Å². The first-order valence-corrected chi connectivity index (χ1v) is 14.9. The van der Waals surface area contributed by atoms with Crippen molar-refractivity contribution in [2.24, 2.45) is 0 Å². The fourth-order valence-electron chi connectivity index (χ4n) is 4.27. The smallest absolute Gasteiger partial charge is 0.335 e. The van der Waals surface area contributed by atoms with E-state index in [9.17, 15) is 27.9 Å². The molecule has 12 nitrogen and oxygen atoms in total. The van der Waals surface area contributed by atoms with Gasteiger partial charge in [-0.05, 0) is 59.9 Å². The molecule has 0 saturated carbocycles. The van der Waals surface area contributed by atoms with Crippen molar-refractivity contribution in [3.8, 4) is 11.4 Å². The summed E-state index contributed by atoms with van der Waals surface area (Å²) in [4.78, 5) is 37.7. The lowest BCUT2D eigenvalue weighted by atomic mass is 9.86. The Labute approximate surface area is 248 Å². The van der Waals surface area contributed by atoms with E-state index >= 15 is 0 Å². The van der Waals surface area contributed by atoms with Gasteiger partial charge < -0.3 is 15.2 Å². The topological polar surface area (TPSA) is 170 Å². The lowest BCUT2D eigenvalue weighted by Crippen LogP contribution is -2.18. The van der Waals surface area contributed by atoms with Crippen molar-refractivity contribution in [3.05, 3.63) is 94.3 Å². The molecule has 4 aromatic rings. The highest BCUT2D eigenvalue weighted by Crippen LogP contribution is 2.39. The van der Waals surface area contributed by atoms with Gasteiger partial charge >= 0.3 is 5.97 Å². The average Bonchev–Trinajstić information content (AvgIpc) is 3.41. The molecule has 0 bridgehead atoms. The first kappa shape index (κ1) is 30.9. The maximum Gasteiger partial charge on any atom is 0.335 e. The van der Waals surface area contributed by atoms with Crippen molar-refractivity contribution in [1.82, 2.24) is 15.0 Å². The Balaban J connectivity index is 1.67. The molecule has 1 heterocycles. The Morgan fingerprint density at radius 3 is 2.26 bits per heavy atom. The Bertz CT molecular complexity index is 1860. The van der Waals surface area contributed by atoms with E-state index in [1.807, 2.05) is 20.8 Å². The van der Waals surface area contributed by atoms with Gasteiger partial charge in [0.05, 0.1) is 42.2 Å². The van der Waals surface area contributed by atoms with Gasteiger partial charge in [0, 0.05) is 11.1 Å².